The van der Waals surface area contributed by atoms with Crippen molar-refractivity contribution in [3.8, 4) is 17.3 Å². The van der Waals surface area contributed by atoms with Crippen molar-refractivity contribution in [3.05, 3.63) is 52.6 Å². The van der Waals surface area contributed by atoms with E-state index in [1.807, 2.05) is 0 Å². The van der Waals surface area contributed by atoms with E-state index in [-0.39, 0.29) is 56.4 Å². The number of carbonyl (C=O) groups is 1. The first-order valence-electron chi connectivity index (χ1n) is 12.6. The van der Waals surface area contributed by atoms with Crippen LogP contribution in [0.4, 0.5) is 46.8 Å². The highest BCUT2D eigenvalue weighted by Gasteiger charge is 2.56. The molecule has 0 radical (unpaired) electrons. The number of phenolic OH excluding ortho intramolecular Hbond substituents is 1. The summed E-state index contributed by atoms with van der Waals surface area (Å²) in [5.41, 5.74) is -2.09. The van der Waals surface area contributed by atoms with Gasteiger partial charge in [0.05, 0.1) is 28.9 Å². The Balaban J connectivity index is 1.63. The van der Waals surface area contributed by atoms with Crippen LogP contribution in [0.5, 0.6) is 5.75 Å². The standard InChI is InChI=1S/C25H19ClF8N8O2/c1-22(11-2-3-12(26)15(43)8-11)16-18(35-7-6-24(29,30)31)39-17(40-19(16)41-21(22)44)14-9-42-20(36-10-37-42)13(38-14)4-5-23(27,28)25(32,33)34/h2-3,8-10,43H,4-7H2,1H3,(H2,35,39,40,41,44)/t22-/m1/s1. The smallest absolute Gasteiger partial charge is 0.453 e. The fourth-order valence-electron chi connectivity index (χ4n) is 4.62. The number of rotatable bonds is 8. The highest BCUT2D eigenvalue weighted by molar-refractivity contribution is 6.32. The first-order valence-corrected chi connectivity index (χ1v) is 13.0. The molecule has 10 nitrogen and oxygen atoms in total. The Labute approximate surface area is 246 Å². The Morgan fingerprint density at radius 1 is 1.07 bits per heavy atom. The van der Waals surface area contributed by atoms with E-state index in [2.05, 4.69) is 35.7 Å². The van der Waals surface area contributed by atoms with Crippen LogP contribution in [-0.2, 0) is 16.6 Å². The lowest BCUT2D eigenvalue weighted by Gasteiger charge is -2.25. The summed E-state index contributed by atoms with van der Waals surface area (Å²) >= 11 is 5.91. The zero-order valence-corrected chi connectivity index (χ0v) is 22.9. The van der Waals surface area contributed by atoms with Gasteiger partial charge >= 0.3 is 18.3 Å². The number of aromatic nitrogens is 6. The van der Waals surface area contributed by atoms with Crippen LogP contribution in [0.15, 0.2) is 30.7 Å². The Hall–Kier alpha value is -4.35. The van der Waals surface area contributed by atoms with Crippen molar-refractivity contribution in [2.24, 2.45) is 0 Å². The number of carbonyl (C=O) groups excluding carboxylic acids is 1. The lowest BCUT2D eigenvalue weighted by molar-refractivity contribution is -0.284. The predicted octanol–water partition coefficient (Wildman–Crippen LogP) is 5.69. The molecule has 1 atom stereocenters. The van der Waals surface area contributed by atoms with Crippen LogP contribution in [0.25, 0.3) is 17.2 Å². The molecule has 1 aliphatic rings. The van der Waals surface area contributed by atoms with Gasteiger partial charge in [0.2, 0.25) is 5.91 Å². The molecule has 5 rings (SSSR count). The number of benzene rings is 1. The SMILES string of the molecule is C[C@]1(c2ccc(Cl)c(O)c2)C(=O)Nc2nc(-c3cn4ncnc4c(CCC(F)(F)C(F)(F)F)n3)nc(NCCC(F)(F)F)c21. The van der Waals surface area contributed by atoms with E-state index in [0.717, 1.165) is 10.8 Å². The van der Waals surface area contributed by atoms with Crippen LogP contribution in [0.2, 0.25) is 5.02 Å². The maximum absolute atomic E-state index is 13.7. The van der Waals surface area contributed by atoms with Crippen molar-refractivity contribution >= 4 is 34.8 Å². The third-order valence-electron chi connectivity index (χ3n) is 6.97. The van der Waals surface area contributed by atoms with Gasteiger partial charge in [0.1, 0.15) is 34.8 Å². The molecule has 19 heteroatoms. The van der Waals surface area contributed by atoms with Gasteiger partial charge in [-0.2, -0.15) is 40.2 Å². The molecule has 3 N–H and O–H groups in total. The third kappa shape index (κ3) is 5.65. The second kappa shape index (κ2) is 10.7. The molecular weight excluding hydrogens is 632 g/mol. The lowest BCUT2D eigenvalue weighted by atomic mass is 9.77. The van der Waals surface area contributed by atoms with Crippen molar-refractivity contribution in [2.45, 2.75) is 49.9 Å². The summed E-state index contributed by atoms with van der Waals surface area (Å²) in [6.07, 6.45) is -12.0. The Morgan fingerprint density at radius 3 is 2.45 bits per heavy atom. The number of halogens is 9. The molecule has 1 aliphatic heterocycles. The van der Waals surface area contributed by atoms with E-state index in [1.54, 1.807) is 0 Å². The number of hydrogen-bond donors (Lipinski definition) is 3. The number of hydrogen-bond acceptors (Lipinski definition) is 8. The molecule has 0 aliphatic carbocycles. The summed E-state index contributed by atoms with van der Waals surface area (Å²) in [4.78, 5) is 29.9. The first kappa shape index (κ1) is 31.1. The van der Waals surface area contributed by atoms with Crippen LogP contribution >= 0.6 is 11.6 Å². The zero-order valence-electron chi connectivity index (χ0n) is 22.2. The highest BCUT2D eigenvalue weighted by Crippen LogP contribution is 2.47. The molecule has 234 valence electrons. The summed E-state index contributed by atoms with van der Waals surface area (Å²) in [5, 5.41) is 19.1. The van der Waals surface area contributed by atoms with Crippen molar-refractivity contribution < 1.29 is 45.0 Å². The van der Waals surface area contributed by atoms with Gasteiger partial charge in [-0.1, -0.05) is 17.7 Å². The number of phenols is 1. The van der Waals surface area contributed by atoms with Gasteiger partial charge in [0.15, 0.2) is 11.5 Å². The van der Waals surface area contributed by atoms with Gasteiger partial charge in [-0.15, -0.1) is 0 Å². The van der Waals surface area contributed by atoms with E-state index in [9.17, 15) is 45.0 Å². The van der Waals surface area contributed by atoms with Gasteiger partial charge in [-0.05, 0) is 31.0 Å². The van der Waals surface area contributed by atoms with Crippen LogP contribution in [0.1, 0.15) is 36.6 Å². The summed E-state index contributed by atoms with van der Waals surface area (Å²) in [6.45, 7) is 0.739. The minimum absolute atomic E-state index is 0.0158. The highest BCUT2D eigenvalue weighted by atomic mass is 35.5. The number of aromatic hydroxyl groups is 1. The average molecular weight is 651 g/mol. The summed E-state index contributed by atoms with van der Waals surface area (Å²) in [5.74, 6) is -6.82. The van der Waals surface area contributed by atoms with E-state index in [0.29, 0.717) is 0 Å². The lowest BCUT2D eigenvalue weighted by Crippen LogP contribution is -2.36. The second-order valence-electron chi connectivity index (χ2n) is 9.96. The number of nitrogens with zero attached hydrogens (tertiary/aromatic N) is 6. The minimum Gasteiger partial charge on any atom is -0.506 e. The van der Waals surface area contributed by atoms with Crippen molar-refractivity contribution in [1.29, 1.82) is 0 Å². The minimum atomic E-state index is -5.81. The molecule has 0 bridgehead atoms. The molecule has 0 saturated carbocycles. The molecule has 1 aromatic carbocycles. The molecule has 0 saturated heterocycles. The molecule has 44 heavy (non-hydrogen) atoms. The number of aryl methyl sites for hydroxylation is 1. The topological polar surface area (TPSA) is 130 Å². The van der Waals surface area contributed by atoms with E-state index < -0.39 is 55.4 Å². The monoisotopic (exact) mass is 650 g/mol. The molecule has 1 amide bonds. The maximum Gasteiger partial charge on any atom is 0.453 e. The molecule has 4 aromatic rings. The number of amides is 1. The number of fused-ring (bicyclic) bond motifs is 2. The van der Waals surface area contributed by atoms with Crippen LogP contribution in [0, 0.1) is 0 Å². The largest absolute Gasteiger partial charge is 0.506 e. The molecule has 0 fully saturated rings. The fraction of sp³-hybridized carbons (Fsp3) is 0.360. The Kier molecular flexibility index (Phi) is 7.54. The molecule has 3 aromatic heterocycles. The van der Waals surface area contributed by atoms with Gasteiger partial charge in [0.25, 0.3) is 0 Å². The van der Waals surface area contributed by atoms with E-state index in [4.69, 9.17) is 11.6 Å². The number of alkyl halides is 8. The van der Waals surface area contributed by atoms with E-state index in [1.165, 1.54) is 31.3 Å². The normalized spacial score (nSPS) is 17.2. The summed E-state index contributed by atoms with van der Waals surface area (Å²) in [6, 6.07) is 3.94. The van der Waals surface area contributed by atoms with Gasteiger partial charge in [-0.3, -0.25) is 4.79 Å². The Bertz CT molecular complexity index is 1760. The van der Waals surface area contributed by atoms with Crippen molar-refractivity contribution in [1.82, 2.24) is 29.5 Å². The van der Waals surface area contributed by atoms with Gasteiger partial charge in [-0.25, -0.2) is 24.5 Å². The maximum atomic E-state index is 13.7. The fourth-order valence-corrected chi connectivity index (χ4v) is 4.74. The Morgan fingerprint density at radius 2 is 1.80 bits per heavy atom. The summed E-state index contributed by atoms with van der Waals surface area (Å²) < 4.78 is 106. The number of nitrogens with one attached hydrogen (secondary N) is 2. The third-order valence-corrected chi connectivity index (χ3v) is 7.29. The van der Waals surface area contributed by atoms with Gasteiger partial charge < -0.3 is 15.7 Å². The van der Waals surface area contributed by atoms with Crippen molar-refractivity contribution in [2.75, 3.05) is 17.2 Å². The summed E-state index contributed by atoms with van der Waals surface area (Å²) in [7, 11) is 0. The first-order chi connectivity index (χ1) is 20.4. The molecule has 0 unspecified atom stereocenters. The van der Waals surface area contributed by atoms with Gasteiger partial charge in [0, 0.05) is 13.0 Å². The van der Waals surface area contributed by atoms with Crippen LogP contribution in [-0.4, -0.2) is 65.4 Å². The molecule has 4 heterocycles. The quantitative estimate of drug-likeness (QED) is 0.207. The second-order valence-corrected chi connectivity index (χ2v) is 10.4. The average Bonchev–Trinajstić information content (AvgIpc) is 3.50. The number of anilines is 2. The zero-order chi connectivity index (χ0) is 32.2. The predicted molar refractivity (Wildman–Crippen MR) is 138 cm³/mol. The van der Waals surface area contributed by atoms with Crippen molar-refractivity contribution in [3.63, 3.8) is 0 Å². The van der Waals surface area contributed by atoms with Crippen LogP contribution < -0.4 is 10.6 Å². The van der Waals surface area contributed by atoms with Crippen LogP contribution in [0.3, 0.4) is 0 Å². The van der Waals surface area contributed by atoms with E-state index >= 15 is 0 Å². The molecular formula is C25H19ClF8N8O2. The molecule has 0 spiro atoms.